The van der Waals surface area contributed by atoms with Crippen LogP contribution in [0.4, 0.5) is 0 Å². The van der Waals surface area contributed by atoms with E-state index in [0.717, 1.165) is 6.42 Å². The molecule has 1 aliphatic rings. The van der Waals surface area contributed by atoms with Gasteiger partial charge in [-0.25, -0.2) is 0 Å². The van der Waals surface area contributed by atoms with Gasteiger partial charge in [-0.05, 0) is 18.6 Å². The zero-order chi connectivity index (χ0) is 10.8. The average Bonchev–Trinajstić information content (AvgIpc) is 2.50. The van der Waals surface area contributed by atoms with Crippen LogP contribution in [0.5, 0.6) is 0 Å². The van der Waals surface area contributed by atoms with Crippen LogP contribution in [0.15, 0.2) is 12.3 Å². The van der Waals surface area contributed by atoms with Crippen molar-refractivity contribution in [2.45, 2.75) is 38.0 Å². The molecular formula is C11H22O2S. The van der Waals surface area contributed by atoms with Crippen LogP contribution < -0.4 is 0 Å². The third-order valence-corrected chi connectivity index (χ3v) is 6.46. The van der Waals surface area contributed by atoms with Gasteiger partial charge in [-0.1, -0.05) is 20.8 Å². The summed E-state index contributed by atoms with van der Waals surface area (Å²) in [6.07, 6.45) is 9.48. The standard InChI is InChI=1S/C11H22O2S/c1-11(2,3)14(4,5)13-9-10-7-6-8-12-10/h6,8,10H,7,9H2,1-5H3. The molecule has 1 unspecified atom stereocenters. The van der Waals surface area contributed by atoms with Crippen LogP contribution in [-0.2, 0) is 8.92 Å². The first kappa shape index (κ1) is 11.9. The molecule has 0 fully saturated rings. The summed E-state index contributed by atoms with van der Waals surface area (Å²) in [4.78, 5) is 0. The van der Waals surface area contributed by atoms with Gasteiger partial charge in [0.15, 0.2) is 0 Å². The van der Waals surface area contributed by atoms with Gasteiger partial charge in [-0.2, -0.15) is 0 Å². The van der Waals surface area contributed by atoms with Crippen LogP contribution in [0.25, 0.3) is 0 Å². The van der Waals surface area contributed by atoms with E-state index in [4.69, 9.17) is 8.92 Å². The van der Waals surface area contributed by atoms with E-state index in [2.05, 4.69) is 33.3 Å². The molecule has 0 saturated carbocycles. The molecule has 0 aromatic rings. The second kappa shape index (κ2) is 4.15. The largest absolute Gasteiger partial charge is 0.496 e. The summed E-state index contributed by atoms with van der Waals surface area (Å²) in [6, 6.07) is 0. The molecule has 0 radical (unpaired) electrons. The highest BCUT2D eigenvalue weighted by Gasteiger charge is 2.29. The van der Waals surface area contributed by atoms with Crippen LogP contribution in [0.1, 0.15) is 27.2 Å². The second-order valence-electron chi connectivity index (χ2n) is 5.00. The third-order valence-electron chi connectivity index (χ3n) is 2.79. The maximum absolute atomic E-state index is 6.00. The van der Waals surface area contributed by atoms with Crippen molar-refractivity contribution in [3.63, 3.8) is 0 Å². The minimum Gasteiger partial charge on any atom is -0.496 e. The molecule has 0 aromatic carbocycles. The van der Waals surface area contributed by atoms with Crippen molar-refractivity contribution in [2.24, 2.45) is 0 Å². The fourth-order valence-corrected chi connectivity index (χ4v) is 1.81. The Morgan fingerprint density at radius 1 is 1.43 bits per heavy atom. The molecule has 1 atom stereocenters. The van der Waals surface area contributed by atoms with E-state index in [1.807, 2.05) is 6.08 Å². The summed E-state index contributed by atoms with van der Waals surface area (Å²) in [5.41, 5.74) is 0. The predicted octanol–water partition coefficient (Wildman–Crippen LogP) is 3.08. The normalized spacial score (nSPS) is 23.6. The Bertz CT molecular complexity index is 208. The molecular weight excluding hydrogens is 196 g/mol. The van der Waals surface area contributed by atoms with Gasteiger partial charge in [0.1, 0.15) is 6.10 Å². The molecule has 0 amide bonds. The average molecular weight is 218 g/mol. The fourth-order valence-electron chi connectivity index (χ4n) is 0.960. The molecule has 0 saturated heterocycles. The van der Waals surface area contributed by atoms with E-state index < -0.39 is 10.3 Å². The lowest BCUT2D eigenvalue weighted by Crippen LogP contribution is -2.27. The molecule has 0 spiro atoms. The summed E-state index contributed by atoms with van der Waals surface area (Å²) < 4.78 is 11.6. The monoisotopic (exact) mass is 218 g/mol. The summed E-state index contributed by atoms with van der Waals surface area (Å²) in [7, 11) is -0.993. The fraction of sp³-hybridized carbons (Fsp3) is 0.818. The molecule has 0 aromatic heterocycles. The predicted molar refractivity (Wildman–Crippen MR) is 63.8 cm³/mol. The van der Waals surface area contributed by atoms with Crippen LogP contribution >= 0.6 is 10.3 Å². The van der Waals surface area contributed by atoms with Crippen molar-refractivity contribution >= 4 is 10.3 Å². The van der Waals surface area contributed by atoms with Crippen molar-refractivity contribution in [2.75, 3.05) is 19.1 Å². The minimum absolute atomic E-state index is 0.235. The highest BCUT2D eigenvalue weighted by Crippen LogP contribution is 2.53. The summed E-state index contributed by atoms with van der Waals surface area (Å²) in [6.45, 7) is 7.41. The third kappa shape index (κ3) is 2.92. The van der Waals surface area contributed by atoms with Gasteiger partial charge in [0.05, 0.1) is 12.9 Å². The summed E-state index contributed by atoms with van der Waals surface area (Å²) in [5, 5.41) is 0. The molecule has 84 valence electrons. The Morgan fingerprint density at radius 2 is 2.07 bits per heavy atom. The van der Waals surface area contributed by atoms with Gasteiger partial charge >= 0.3 is 0 Å². The molecule has 1 rings (SSSR count). The highest BCUT2D eigenvalue weighted by molar-refractivity contribution is 8.29. The molecule has 1 heterocycles. The lowest BCUT2D eigenvalue weighted by atomic mass is 10.3. The van der Waals surface area contributed by atoms with E-state index >= 15 is 0 Å². The van der Waals surface area contributed by atoms with E-state index in [-0.39, 0.29) is 10.9 Å². The SMILES string of the molecule is CC(C)(C)S(C)(C)OCC1CC=CO1. The van der Waals surface area contributed by atoms with Gasteiger partial charge in [0.25, 0.3) is 0 Å². The Balaban J connectivity index is 2.36. The maximum atomic E-state index is 6.00. The van der Waals surface area contributed by atoms with E-state index in [1.165, 1.54) is 0 Å². The molecule has 0 N–H and O–H groups in total. The molecule has 3 heteroatoms. The van der Waals surface area contributed by atoms with Gasteiger partial charge in [0.2, 0.25) is 0 Å². The zero-order valence-corrected chi connectivity index (χ0v) is 10.7. The van der Waals surface area contributed by atoms with Crippen molar-refractivity contribution < 1.29 is 8.92 Å². The summed E-state index contributed by atoms with van der Waals surface area (Å²) >= 11 is 0. The maximum Gasteiger partial charge on any atom is 0.126 e. The Morgan fingerprint density at radius 3 is 2.50 bits per heavy atom. The van der Waals surface area contributed by atoms with Crippen molar-refractivity contribution in [3.8, 4) is 0 Å². The van der Waals surface area contributed by atoms with E-state index in [1.54, 1.807) is 6.26 Å². The Labute approximate surface area is 89.2 Å². The van der Waals surface area contributed by atoms with Crippen LogP contribution in [0.2, 0.25) is 0 Å². The Hall–Kier alpha value is -0.150. The van der Waals surface area contributed by atoms with Gasteiger partial charge in [-0.3, -0.25) is 0 Å². The van der Waals surface area contributed by atoms with Crippen molar-refractivity contribution in [3.05, 3.63) is 12.3 Å². The van der Waals surface area contributed by atoms with Gasteiger partial charge in [-0.15, -0.1) is 10.3 Å². The molecule has 1 aliphatic heterocycles. The Kier molecular flexibility index (Phi) is 3.53. The highest BCUT2D eigenvalue weighted by atomic mass is 32.3. The van der Waals surface area contributed by atoms with Gasteiger partial charge in [0, 0.05) is 11.2 Å². The number of hydrogen-bond acceptors (Lipinski definition) is 2. The number of rotatable bonds is 3. The number of ether oxygens (including phenoxy) is 1. The topological polar surface area (TPSA) is 18.5 Å². The zero-order valence-electron chi connectivity index (χ0n) is 9.87. The summed E-state index contributed by atoms with van der Waals surface area (Å²) in [5.74, 6) is 0. The molecule has 0 bridgehead atoms. The minimum atomic E-state index is -0.993. The van der Waals surface area contributed by atoms with Crippen LogP contribution in [0, 0.1) is 0 Å². The first-order chi connectivity index (χ1) is 6.33. The smallest absolute Gasteiger partial charge is 0.126 e. The van der Waals surface area contributed by atoms with E-state index in [9.17, 15) is 0 Å². The molecule has 14 heavy (non-hydrogen) atoms. The van der Waals surface area contributed by atoms with Crippen molar-refractivity contribution in [1.29, 1.82) is 0 Å². The second-order valence-corrected chi connectivity index (χ2v) is 8.92. The van der Waals surface area contributed by atoms with Crippen molar-refractivity contribution in [1.82, 2.24) is 0 Å². The quantitative estimate of drug-likeness (QED) is 0.725. The molecule has 0 aliphatic carbocycles. The van der Waals surface area contributed by atoms with Gasteiger partial charge < -0.3 is 8.92 Å². The first-order valence-electron chi connectivity index (χ1n) is 5.01. The van der Waals surface area contributed by atoms with Crippen LogP contribution in [-0.4, -0.2) is 30.0 Å². The number of hydrogen-bond donors (Lipinski definition) is 0. The first-order valence-corrected chi connectivity index (χ1v) is 7.38. The lowest BCUT2D eigenvalue weighted by molar-refractivity contribution is 0.115. The van der Waals surface area contributed by atoms with E-state index in [0.29, 0.717) is 6.61 Å². The van der Waals surface area contributed by atoms with Crippen LogP contribution in [0.3, 0.4) is 0 Å². The molecule has 2 nitrogen and oxygen atoms in total. The lowest BCUT2D eigenvalue weighted by Gasteiger charge is -2.44.